The zero-order chi connectivity index (χ0) is 13.4. The maximum atomic E-state index is 10.6. The van der Waals surface area contributed by atoms with Gasteiger partial charge in [-0.25, -0.2) is 0 Å². The molecule has 1 aromatic carbocycles. The van der Waals surface area contributed by atoms with Gasteiger partial charge in [0.05, 0.1) is 18.8 Å². The van der Waals surface area contributed by atoms with Gasteiger partial charge in [0.2, 0.25) is 0 Å². The van der Waals surface area contributed by atoms with Gasteiger partial charge < -0.3 is 9.84 Å². The average molecular weight is 261 g/mol. The van der Waals surface area contributed by atoms with Gasteiger partial charge in [-0.15, -0.1) is 0 Å². The highest BCUT2D eigenvalue weighted by molar-refractivity contribution is 5.36. The molecule has 104 valence electrons. The van der Waals surface area contributed by atoms with Crippen LogP contribution in [0.3, 0.4) is 0 Å². The van der Waals surface area contributed by atoms with Crippen LogP contribution in [0.25, 0.3) is 0 Å². The maximum absolute atomic E-state index is 10.6. The minimum Gasteiger partial charge on any atom is -0.387 e. The van der Waals surface area contributed by atoms with Crippen LogP contribution in [0.2, 0.25) is 0 Å². The molecule has 3 nitrogen and oxygen atoms in total. The lowest BCUT2D eigenvalue weighted by atomic mass is 10.0. The number of benzene rings is 1. The first-order valence-corrected chi connectivity index (χ1v) is 7.34. The van der Waals surface area contributed by atoms with Gasteiger partial charge in [0.15, 0.2) is 0 Å². The van der Waals surface area contributed by atoms with Crippen LogP contribution in [0, 0.1) is 0 Å². The summed E-state index contributed by atoms with van der Waals surface area (Å²) in [5.74, 6) is 0. The van der Waals surface area contributed by atoms with Gasteiger partial charge in [-0.2, -0.15) is 0 Å². The smallest absolute Gasteiger partial charge is 0.0951 e. The summed E-state index contributed by atoms with van der Waals surface area (Å²) in [6.07, 6.45) is 1.95. The van der Waals surface area contributed by atoms with E-state index < -0.39 is 0 Å². The van der Waals surface area contributed by atoms with Gasteiger partial charge in [-0.1, -0.05) is 31.2 Å². The molecule has 1 fully saturated rings. The van der Waals surface area contributed by atoms with E-state index in [0.717, 1.165) is 31.6 Å². The van der Waals surface area contributed by atoms with Crippen LogP contribution in [-0.4, -0.2) is 41.3 Å². The molecular formula is C16H23NO2. The van der Waals surface area contributed by atoms with Gasteiger partial charge in [-0.05, 0) is 30.9 Å². The van der Waals surface area contributed by atoms with Crippen LogP contribution in [0.5, 0.6) is 0 Å². The Morgan fingerprint density at radius 3 is 2.89 bits per heavy atom. The number of nitrogens with zero attached hydrogens (tertiary/aromatic N) is 1. The first kappa shape index (κ1) is 13.1. The van der Waals surface area contributed by atoms with Gasteiger partial charge in [-0.3, -0.25) is 4.90 Å². The van der Waals surface area contributed by atoms with Gasteiger partial charge in [0, 0.05) is 18.6 Å². The number of morpholine rings is 1. The highest BCUT2D eigenvalue weighted by Crippen LogP contribution is 2.36. The summed E-state index contributed by atoms with van der Waals surface area (Å²) in [6, 6.07) is 8.93. The van der Waals surface area contributed by atoms with E-state index in [2.05, 4.69) is 36.9 Å². The number of aliphatic hydroxyl groups is 1. The third-order valence-corrected chi connectivity index (χ3v) is 4.57. The molecule has 3 rings (SSSR count). The average Bonchev–Trinajstić information content (AvgIpc) is 2.76. The fourth-order valence-electron chi connectivity index (χ4n) is 3.48. The van der Waals surface area contributed by atoms with Crippen LogP contribution in [0.4, 0.5) is 0 Å². The second kappa shape index (κ2) is 5.23. The predicted octanol–water partition coefficient (Wildman–Crippen LogP) is 2.14. The number of ether oxygens (including phenoxy) is 1. The lowest BCUT2D eigenvalue weighted by Gasteiger charge is -2.43. The molecule has 1 aliphatic carbocycles. The van der Waals surface area contributed by atoms with Crippen molar-refractivity contribution in [2.45, 2.75) is 51.0 Å². The molecule has 0 spiro atoms. The molecule has 0 saturated carbocycles. The number of aliphatic hydroxyl groups excluding tert-OH is 1. The number of hydrogen-bond donors (Lipinski definition) is 1. The molecule has 4 atom stereocenters. The molecule has 3 heteroatoms. The summed E-state index contributed by atoms with van der Waals surface area (Å²) in [5.41, 5.74) is 2.41. The maximum Gasteiger partial charge on any atom is 0.0951 e. The summed E-state index contributed by atoms with van der Waals surface area (Å²) < 4.78 is 5.76. The van der Waals surface area contributed by atoms with E-state index in [1.54, 1.807) is 0 Å². The summed E-state index contributed by atoms with van der Waals surface area (Å²) in [7, 11) is 0. The SMILES string of the molecule is CCC1COC(C)CN1C1Cc2ccccc2C1O. The molecule has 0 aromatic heterocycles. The van der Waals surface area contributed by atoms with Crippen molar-refractivity contribution < 1.29 is 9.84 Å². The summed E-state index contributed by atoms with van der Waals surface area (Å²) in [6.45, 7) is 6.03. The van der Waals surface area contributed by atoms with Crippen molar-refractivity contribution in [1.29, 1.82) is 0 Å². The molecule has 0 bridgehead atoms. The Balaban J connectivity index is 1.83. The van der Waals surface area contributed by atoms with E-state index >= 15 is 0 Å². The zero-order valence-electron chi connectivity index (χ0n) is 11.7. The second-order valence-electron chi connectivity index (χ2n) is 5.82. The van der Waals surface area contributed by atoms with Crippen molar-refractivity contribution in [2.75, 3.05) is 13.2 Å². The van der Waals surface area contributed by atoms with Crippen LogP contribution >= 0.6 is 0 Å². The topological polar surface area (TPSA) is 32.7 Å². The van der Waals surface area contributed by atoms with Crippen molar-refractivity contribution in [3.63, 3.8) is 0 Å². The lowest BCUT2D eigenvalue weighted by molar-refractivity contribution is -0.0899. The fourth-order valence-corrected chi connectivity index (χ4v) is 3.48. The Hall–Kier alpha value is -0.900. The summed E-state index contributed by atoms with van der Waals surface area (Å²) >= 11 is 0. The molecule has 19 heavy (non-hydrogen) atoms. The Bertz CT molecular complexity index is 448. The van der Waals surface area contributed by atoms with Crippen LogP contribution in [0.1, 0.15) is 37.5 Å². The van der Waals surface area contributed by atoms with Crippen molar-refractivity contribution >= 4 is 0 Å². The quantitative estimate of drug-likeness (QED) is 0.885. The van der Waals surface area contributed by atoms with E-state index in [-0.39, 0.29) is 18.2 Å². The summed E-state index contributed by atoms with van der Waals surface area (Å²) in [4.78, 5) is 2.47. The highest BCUT2D eigenvalue weighted by Gasteiger charge is 2.39. The van der Waals surface area contributed by atoms with E-state index in [1.807, 2.05) is 6.07 Å². The first-order valence-electron chi connectivity index (χ1n) is 7.34. The normalized spacial score (nSPS) is 35.3. The molecule has 1 saturated heterocycles. The standard InChI is InChI=1S/C16H23NO2/c1-3-13-10-19-11(2)9-17(13)15-8-12-6-4-5-7-14(12)16(15)18/h4-7,11,13,15-16,18H,3,8-10H2,1-2H3. The first-order chi connectivity index (χ1) is 9.20. The van der Waals surface area contributed by atoms with Crippen molar-refractivity contribution in [1.82, 2.24) is 4.90 Å². The van der Waals surface area contributed by atoms with Gasteiger partial charge >= 0.3 is 0 Å². The van der Waals surface area contributed by atoms with E-state index in [1.165, 1.54) is 5.56 Å². The molecule has 4 unspecified atom stereocenters. The number of hydrogen-bond acceptors (Lipinski definition) is 3. The molecule has 1 aliphatic heterocycles. The third kappa shape index (κ3) is 2.31. The molecule has 2 aliphatic rings. The molecule has 1 heterocycles. The fraction of sp³-hybridized carbons (Fsp3) is 0.625. The Morgan fingerprint density at radius 2 is 2.16 bits per heavy atom. The Labute approximate surface area is 115 Å². The molecular weight excluding hydrogens is 238 g/mol. The number of fused-ring (bicyclic) bond motifs is 1. The van der Waals surface area contributed by atoms with Crippen molar-refractivity contribution in [3.05, 3.63) is 35.4 Å². The third-order valence-electron chi connectivity index (χ3n) is 4.57. The predicted molar refractivity (Wildman–Crippen MR) is 75.1 cm³/mol. The van der Waals surface area contributed by atoms with Crippen LogP contribution in [-0.2, 0) is 11.2 Å². The van der Waals surface area contributed by atoms with Crippen molar-refractivity contribution in [2.24, 2.45) is 0 Å². The Morgan fingerprint density at radius 1 is 1.37 bits per heavy atom. The molecule has 0 radical (unpaired) electrons. The van der Waals surface area contributed by atoms with E-state index in [9.17, 15) is 5.11 Å². The van der Waals surface area contributed by atoms with Crippen LogP contribution < -0.4 is 0 Å². The molecule has 1 N–H and O–H groups in total. The second-order valence-corrected chi connectivity index (χ2v) is 5.82. The van der Waals surface area contributed by atoms with E-state index in [4.69, 9.17) is 4.74 Å². The minimum atomic E-state index is -0.351. The highest BCUT2D eigenvalue weighted by atomic mass is 16.5. The van der Waals surface area contributed by atoms with Crippen molar-refractivity contribution in [3.8, 4) is 0 Å². The lowest BCUT2D eigenvalue weighted by Crippen LogP contribution is -2.54. The van der Waals surface area contributed by atoms with Gasteiger partial charge in [0.1, 0.15) is 0 Å². The Kier molecular flexibility index (Phi) is 3.61. The van der Waals surface area contributed by atoms with Crippen LogP contribution in [0.15, 0.2) is 24.3 Å². The van der Waals surface area contributed by atoms with E-state index in [0.29, 0.717) is 6.04 Å². The minimum absolute atomic E-state index is 0.216. The summed E-state index contributed by atoms with van der Waals surface area (Å²) in [5, 5.41) is 10.6. The van der Waals surface area contributed by atoms with Gasteiger partial charge in [0.25, 0.3) is 0 Å². The zero-order valence-corrected chi connectivity index (χ0v) is 11.7. The largest absolute Gasteiger partial charge is 0.387 e. The molecule has 0 amide bonds. The number of rotatable bonds is 2. The monoisotopic (exact) mass is 261 g/mol. The molecule has 1 aromatic rings.